The summed E-state index contributed by atoms with van der Waals surface area (Å²) in [6.45, 7) is 5.40. The van der Waals surface area contributed by atoms with E-state index < -0.39 is 0 Å². The topological polar surface area (TPSA) is 9.23 Å². The monoisotopic (exact) mass is 464 g/mol. The molecule has 0 radical (unpaired) electrons. The summed E-state index contributed by atoms with van der Waals surface area (Å²) < 4.78 is 6.16. The molecule has 0 unspecified atom stereocenters. The zero-order valence-electron chi connectivity index (χ0n) is 22.5. The summed E-state index contributed by atoms with van der Waals surface area (Å²) in [5, 5.41) is 0. The molecule has 0 spiro atoms. The Morgan fingerprint density at radius 1 is 0.765 bits per heavy atom. The van der Waals surface area contributed by atoms with Crippen LogP contribution >= 0.6 is 0 Å². The van der Waals surface area contributed by atoms with Crippen molar-refractivity contribution in [3.05, 3.63) is 47.5 Å². The molecule has 1 aromatic rings. The van der Waals surface area contributed by atoms with Crippen LogP contribution in [0.3, 0.4) is 0 Å². The lowest BCUT2D eigenvalue weighted by Crippen LogP contribution is -2.44. The van der Waals surface area contributed by atoms with Crippen LogP contribution in [-0.2, 0) is 10.2 Å². The van der Waals surface area contributed by atoms with Crippen molar-refractivity contribution in [1.29, 1.82) is 0 Å². The van der Waals surface area contributed by atoms with Crippen molar-refractivity contribution >= 4 is 0 Å². The minimum atomic E-state index is 0.469. The van der Waals surface area contributed by atoms with Crippen molar-refractivity contribution in [2.75, 3.05) is 6.61 Å². The SMILES string of the molecule is CCCCCC=CCO[C@H]1CC[C@H](c2ccc(C34CCC(CCCCC)(CC3)CC4)cc2)CC1. The first-order valence-electron chi connectivity index (χ1n) is 15.1. The molecular formula is C33H52O. The van der Waals surface area contributed by atoms with E-state index in [1.54, 1.807) is 11.1 Å². The number of allylic oxidation sites excluding steroid dienone is 1. The van der Waals surface area contributed by atoms with Crippen LogP contribution in [0.4, 0.5) is 0 Å². The second kappa shape index (κ2) is 12.8. The van der Waals surface area contributed by atoms with E-state index >= 15 is 0 Å². The summed E-state index contributed by atoms with van der Waals surface area (Å²) >= 11 is 0. The summed E-state index contributed by atoms with van der Waals surface area (Å²) in [6, 6.07) is 10.0. The van der Waals surface area contributed by atoms with Gasteiger partial charge in [-0.3, -0.25) is 0 Å². The standard InChI is InChI=1S/C33H52O/c1-3-5-7-8-9-11-27-34-31-18-14-29(15-19-31)28-12-16-30(17-13-28)33-24-21-32(22-25-33,23-26-33)20-10-6-4-2/h9,11-13,16-17,29,31H,3-8,10,14-15,18-27H2,1-2H3/t29-,31-,32?,33?. The van der Waals surface area contributed by atoms with Crippen LogP contribution in [0.15, 0.2) is 36.4 Å². The predicted molar refractivity (Wildman–Crippen MR) is 147 cm³/mol. The second-order valence-electron chi connectivity index (χ2n) is 12.1. The van der Waals surface area contributed by atoms with E-state index in [-0.39, 0.29) is 0 Å². The summed E-state index contributed by atoms with van der Waals surface area (Å²) in [5.74, 6) is 0.736. The number of hydrogen-bond acceptors (Lipinski definition) is 1. The Morgan fingerprint density at radius 3 is 2.06 bits per heavy atom. The minimum Gasteiger partial charge on any atom is -0.374 e. The van der Waals surface area contributed by atoms with Gasteiger partial charge in [0, 0.05) is 0 Å². The van der Waals surface area contributed by atoms with Crippen molar-refractivity contribution in [2.45, 2.75) is 147 Å². The predicted octanol–water partition coefficient (Wildman–Crippen LogP) is 10.0. The highest BCUT2D eigenvalue weighted by Gasteiger charge is 2.48. The van der Waals surface area contributed by atoms with Crippen LogP contribution in [-0.4, -0.2) is 12.7 Å². The van der Waals surface area contributed by atoms with Crippen molar-refractivity contribution in [3.8, 4) is 0 Å². The molecule has 5 rings (SSSR count). The van der Waals surface area contributed by atoms with E-state index in [4.69, 9.17) is 4.74 Å². The highest BCUT2D eigenvalue weighted by Crippen LogP contribution is 2.59. The molecule has 4 saturated carbocycles. The second-order valence-corrected chi connectivity index (χ2v) is 12.1. The van der Waals surface area contributed by atoms with Crippen molar-refractivity contribution in [2.24, 2.45) is 5.41 Å². The quantitative estimate of drug-likeness (QED) is 0.208. The number of fused-ring (bicyclic) bond motifs is 3. The molecule has 1 heteroatoms. The maximum Gasteiger partial charge on any atom is 0.0651 e. The van der Waals surface area contributed by atoms with Gasteiger partial charge in [0.2, 0.25) is 0 Å². The molecule has 1 aromatic carbocycles. The Bertz CT molecular complexity index is 712. The van der Waals surface area contributed by atoms with E-state index in [1.165, 1.54) is 116 Å². The highest BCUT2D eigenvalue weighted by atomic mass is 16.5. The van der Waals surface area contributed by atoms with Gasteiger partial charge >= 0.3 is 0 Å². The lowest BCUT2D eigenvalue weighted by Gasteiger charge is -2.54. The number of unbranched alkanes of at least 4 members (excludes halogenated alkanes) is 5. The molecule has 190 valence electrons. The summed E-state index contributed by atoms with van der Waals surface area (Å²) in [6.07, 6.45) is 29.7. The minimum absolute atomic E-state index is 0.469. The van der Waals surface area contributed by atoms with E-state index in [0.717, 1.165) is 12.5 Å². The zero-order valence-corrected chi connectivity index (χ0v) is 22.5. The van der Waals surface area contributed by atoms with Gasteiger partial charge < -0.3 is 4.74 Å². The number of rotatable bonds is 13. The first kappa shape index (κ1) is 26.0. The molecule has 0 amide bonds. The fraction of sp³-hybridized carbons (Fsp3) is 0.758. The Morgan fingerprint density at radius 2 is 1.41 bits per heavy atom. The van der Waals surface area contributed by atoms with Gasteiger partial charge in [-0.2, -0.15) is 0 Å². The average molecular weight is 465 g/mol. The summed E-state index contributed by atoms with van der Waals surface area (Å²) in [5.41, 5.74) is 4.44. The third-order valence-corrected chi connectivity index (χ3v) is 9.95. The van der Waals surface area contributed by atoms with Gasteiger partial charge in [0.25, 0.3) is 0 Å². The third kappa shape index (κ3) is 6.57. The molecule has 0 N–H and O–H groups in total. The largest absolute Gasteiger partial charge is 0.374 e. The van der Waals surface area contributed by atoms with E-state index in [1.807, 2.05) is 0 Å². The van der Waals surface area contributed by atoms with Gasteiger partial charge in [-0.15, -0.1) is 0 Å². The zero-order chi connectivity index (χ0) is 23.7. The van der Waals surface area contributed by atoms with Gasteiger partial charge in [-0.25, -0.2) is 0 Å². The molecule has 0 aromatic heterocycles. The number of hydrogen-bond donors (Lipinski definition) is 0. The first-order chi connectivity index (χ1) is 16.7. The van der Waals surface area contributed by atoms with E-state index in [0.29, 0.717) is 16.9 Å². The van der Waals surface area contributed by atoms with Gasteiger partial charge in [0.1, 0.15) is 0 Å². The van der Waals surface area contributed by atoms with Crippen LogP contribution in [0.5, 0.6) is 0 Å². The Kier molecular flexibility index (Phi) is 9.75. The maximum atomic E-state index is 6.16. The molecule has 34 heavy (non-hydrogen) atoms. The van der Waals surface area contributed by atoms with Crippen molar-refractivity contribution < 1.29 is 4.74 Å². The lowest BCUT2D eigenvalue weighted by molar-refractivity contribution is 0.0305. The summed E-state index contributed by atoms with van der Waals surface area (Å²) in [7, 11) is 0. The van der Waals surface area contributed by atoms with Crippen LogP contribution < -0.4 is 0 Å². The van der Waals surface area contributed by atoms with Crippen molar-refractivity contribution in [3.63, 3.8) is 0 Å². The van der Waals surface area contributed by atoms with E-state index in [9.17, 15) is 0 Å². The average Bonchev–Trinajstić information content (AvgIpc) is 2.90. The molecule has 4 fully saturated rings. The highest BCUT2D eigenvalue weighted by molar-refractivity contribution is 5.33. The van der Waals surface area contributed by atoms with E-state index in [2.05, 4.69) is 50.3 Å². The smallest absolute Gasteiger partial charge is 0.0651 e. The van der Waals surface area contributed by atoms with Gasteiger partial charge in [0.05, 0.1) is 12.7 Å². The molecule has 0 atom stereocenters. The van der Waals surface area contributed by atoms with Gasteiger partial charge in [0.15, 0.2) is 0 Å². The Balaban J connectivity index is 1.21. The Hall–Kier alpha value is -1.08. The lowest BCUT2D eigenvalue weighted by atomic mass is 9.51. The molecular weight excluding hydrogens is 412 g/mol. The number of ether oxygens (including phenoxy) is 1. The summed E-state index contributed by atoms with van der Waals surface area (Å²) in [4.78, 5) is 0. The molecule has 2 bridgehead atoms. The van der Waals surface area contributed by atoms with Crippen LogP contribution in [0.2, 0.25) is 0 Å². The molecule has 4 aliphatic rings. The first-order valence-corrected chi connectivity index (χ1v) is 15.1. The maximum absolute atomic E-state index is 6.16. The Labute approximate surface area is 211 Å². The van der Waals surface area contributed by atoms with Gasteiger partial charge in [-0.05, 0) is 111 Å². The molecule has 0 saturated heterocycles. The fourth-order valence-corrected chi connectivity index (χ4v) is 7.38. The molecule has 0 aliphatic heterocycles. The van der Waals surface area contributed by atoms with Crippen molar-refractivity contribution in [1.82, 2.24) is 0 Å². The fourth-order valence-electron chi connectivity index (χ4n) is 7.38. The van der Waals surface area contributed by atoms with Crippen LogP contribution in [0, 0.1) is 5.41 Å². The molecule has 1 nitrogen and oxygen atoms in total. The third-order valence-electron chi connectivity index (χ3n) is 9.95. The molecule has 0 heterocycles. The number of benzene rings is 1. The van der Waals surface area contributed by atoms with Crippen LogP contribution in [0.1, 0.15) is 146 Å². The molecule has 4 aliphatic carbocycles. The normalized spacial score (nSPS) is 31.4. The van der Waals surface area contributed by atoms with Gasteiger partial charge in [-0.1, -0.05) is 82.4 Å². The van der Waals surface area contributed by atoms with Crippen LogP contribution in [0.25, 0.3) is 0 Å².